The average molecular weight is 156 g/mol. The Kier molecular flexibility index (Phi) is 2.66. The van der Waals surface area contributed by atoms with Crippen LogP contribution >= 0.6 is 0 Å². The Hall–Kier alpha value is -0.370. The van der Waals surface area contributed by atoms with Gasteiger partial charge in [-0.05, 0) is 24.7 Å². The minimum atomic E-state index is -0.655. The maximum absolute atomic E-state index is 11.2. The lowest BCUT2D eigenvalue weighted by Crippen LogP contribution is -2.23. The van der Waals surface area contributed by atoms with Gasteiger partial charge in [-0.15, -0.1) is 0 Å². The number of hydrogen-bond acceptors (Lipinski definition) is 2. The molecule has 0 aliphatic heterocycles. The highest BCUT2D eigenvalue weighted by Crippen LogP contribution is 2.33. The second-order valence-electron chi connectivity index (χ2n) is 3.85. The van der Waals surface area contributed by atoms with Crippen molar-refractivity contribution in [2.45, 2.75) is 39.2 Å². The Morgan fingerprint density at radius 2 is 2.09 bits per heavy atom. The van der Waals surface area contributed by atoms with E-state index < -0.39 is 6.10 Å². The van der Waals surface area contributed by atoms with Gasteiger partial charge in [0.25, 0.3) is 0 Å². The van der Waals surface area contributed by atoms with Crippen LogP contribution in [0.25, 0.3) is 0 Å². The number of Topliss-reactive ketones (excluding diaryl/α,β-unsaturated/α-hetero) is 1. The predicted molar refractivity (Wildman–Crippen MR) is 43.2 cm³/mol. The van der Waals surface area contributed by atoms with Crippen molar-refractivity contribution in [3.63, 3.8) is 0 Å². The number of aliphatic hydroxyl groups excluding tert-OH is 1. The number of rotatable bonds is 4. The van der Waals surface area contributed by atoms with Gasteiger partial charge in [0, 0.05) is 6.42 Å². The monoisotopic (exact) mass is 156 g/mol. The Bertz CT molecular complexity index is 148. The van der Waals surface area contributed by atoms with Gasteiger partial charge < -0.3 is 5.11 Å². The molecule has 0 aromatic heterocycles. The Morgan fingerprint density at radius 1 is 1.55 bits per heavy atom. The molecule has 2 nitrogen and oxygen atoms in total. The molecule has 1 saturated carbocycles. The quantitative estimate of drug-likeness (QED) is 0.667. The van der Waals surface area contributed by atoms with Gasteiger partial charge in [-0.1, -0.05) is 13.8 Å². The van der Waals surface area contributed by atoms with Crippen LogP contribution in [0.5, 0.6) is 0 Å². The molecule has 1 aliphatic rings. The van der Waals surface area contributed by atoms with Crippen molar-refractivity contribution >= 4 is 5.78 Å². The average Bonchev–Trinajstić information content (AvgIpc) is 2.65. The lowest BCUT2D eigenvalue weighted by molar-refractivity contribution is -0.128. The van der Waals surface area contributed by atoms with Crippen LogP contribution in [0.15, 0.2) is 0 Å². The standard InChI is InChI=1S/C9H16O2/c1-6(2)5-8(10)9(11)7-3-4-7/h6-7,9,11H,3-5H2,1-2H3. The van der Waals surface area contributed by atoms with Gasteiger partial charge >= 0.3 is 0 Å². The highest BCUT2D eigenvalue weighted by molar-refractivity contribution is 5.83. The van der Waals surface area contributed by atoms with E-state index in [9.17, 15) is 9.90 Å². The van der Waals surface area contributed by atoms with Crippen LogP contribution in [0.2, 0.25) is 0 Å². The summed E-state index contributed by atoms with van der Waals surface area (Å²) in [5.74, 6) is 0.694. The summed E-state index contributed by atoms with van der Waals surface area (Å²) in [6.07, 6.45) is 1.94. The summed E-state index contributed by atoms with van der Waals surface area (Å²) >= 11 is 0. The van der Waals surface area contributed by atoms with Crippen molar-refractivity contribution in [2.24, 2.45) is 11.8 Å². The van der Waals surface area contributed by atoms with Gasteiger partial charge in [-0.3, -0.25) is 4.79 Å². The number of hydrogen-bond donors (Lipinski definition) is 1. The first-order valence-corrected chi connectivity index (χ1v) is 4.32. The van der Waals surface area contributed by atoms with E-state index in [-0.39, 0.29) is 5.78 Å². The van der Waals surface area contributed by atoms with Gasteiger partial charge in [0.05, 0.1) is 0 Å². The first-order valence-electron chi connectivity index (χ1n) is 4.32. The van der Waals surface area contributed by atoms with Crippen LogP contribution in [0.3, 0.4) is 0 Å². The third-order valence-electron chi connectivity index (χ3n) is 2.01. The van der Waals surface area contributed by atoms with Crippen molar-refractivity contribution in [1.29, 1.82) is 0 Å². The summed E-state index contributed by atoms with van der Waals surface area (Å²) in [7, 11) is 0. The molecule has 0 aromatic rings. The lowest BCUT2D eigenvalue weighted by Gasteiger charge is -2.08. The Labute approximate surface area is 67.6 Å². The lowest BCUT2D eigenvalue weighted by atomic mass is 10.0. The van der Waals surface area contributed by atoms with E-state index in [2.05, 4.69) is 0 Å². The Balaban J connectivity index is 2.27. The van der Waals surface area contributed by atoms with Crippen molar-refractivity contribution in [3.05, 3.63) is 0 Å². The number of carbonyl (C=O) groups excluding carboxylic acids is 1. The van der Waals surface area contributed by atoms with Gasteiger partial charge in [0.1, 0.15) is 6.10 Å². The van der Waals surface area contributed by atoms with E-state index in [4.69, 9.17) is 0 Å². The molecule has 2 heteroatoms. The van der Waals surface area contributed by atoms with E-state index in [1.807, 2.05) is 13.8 Å². The second-order valence-corrected chi connectivity index (χ2v) is 3.85. The van der Waals surface area contributed by atoms with E-state index >= 15 is 0 Å². The molecular formula is C9H16O2. The predicted octanol–water partition coefficient (Wildman–Crippen LogP) is 1.37. The highest BCUT2D eigenvalue weighted by atomic mass is 16.3. The molecule has 1 fully saturated rings. The van der Waals surface area contributed by atoms with Gasteiger partial charge in [0.2, 0.25) is 0 Å². The summed E-state index contributed by atoms with van der Waals surface area (Å²) < 4.78 is 0. The van der Waals surface area contributed by atoms with Crippen LogP contribution in [0, 0.1) is 11.8 Å². The topological polar surface area (TPSA) is 37.3 Å². The van der Waals surface area contributed by atoms with E-state index in [1.165, 1.54) is 0 Å². The zero-order chi connectivity index (χ0) is 8.43. The summed E-state index contributed by atoms with van der Waals surface area (Å²) in [5, 5.41) is 9.36. The van der Waals surface area contributed by atoms with Crippen molar-refractivity contribution in [2.75, 3.05) is 0 Å². The van der Waals surface area contributed by atoms with Crippen molar-refractivity contribution in [3.8, 4) is 0 Å². The first kappa shape index (κ1) is 8.72. The molecule has 0 amide bonds. The zero-order valence-corrected chi connectivity index (χ0v) is 7.21. The molecule has 0 spiro atoms. The van der Waals surface area contributed by atoms with E-state index in [1.54, 1.807) is 0 Å². The van der Waals surface area contributed by atoms with Gasteiger partial charge in [-0.2, -0.15) is 0 Å². The molecule has 64 valence electrons. The van der Waals surface area contributed by atoms with Crippen LogP contribution in [-0.2, 0) is 4.79 Å². The fraction of sp³-hybridized carbons (Fsp3) is 0.889. The summed E-state index contributed by atoms with van der Waals surface area (Å²) in [4.78, 5) is 11.2. The molecule has 0 aromatic carbocycles. The largest absolute Gasteiger partial charge is 0.385 e. The van der Waals surface area contributed by atoms with Crippen LogP contribution in [0.4, 0.5) is 0 Å². The normalized spacial score (nSPS) is 20.4. The Morgan fingerprint density at radius 3 is 2.45 bits per heavy atom. The molecule has 1 rings (SSSR count). The van der Waals surface area contributed by atoms with Crippen LogP contribution < -0.4 is 0 Å². The number of carbonyl (C=O) groups is 1. The number of aliphatic hydroxyl groups is 1. The second kappa shape index (κ2) is 3.35. The summed E-state index contributed by atoms with van der Waals surface area (Å²) in [6.45, 7) is 4.00. The van der Waals surface area contributed by atoms with Crippen LogP contribution in [0.1, 0.15) is 33.1 Å². The summed E-state index contributed by atoms with van der Waals surface area (Å²) in [6, 6.07) is 0. The minimum absolute atomic E-state index is 0.0301. The van der Waals surface area contributed by atoms with Gasteiger partial charge in [-0.25, -0.2) is 0 Å². The first-order chi connectivity index (χ1) is 5.11. The molecule has 0 bridgehead atoms. The molecule has 1 atom stereocenters. The molecular weight excluding hydrogens is 140 g/mol. The molecule has 1 N–H and O–H groups in total. The van der Waals surface area contributed by atoms with Gasteiger partial charge in [0.15, 0.2) is 5.78 Å². The SMILES string of the molecule is CC(C)CC(=O)C(O)C1CC1. The summed E-state index contributed by atoms with van der Waals surface area (Å²) in [5.41, 5.74) is 0. The fourth-order valence-corrected chi connectivity index (χ4v) is 1.20. The number of ketones is 1. The molecule has 0 radical (unpaired) electrons. The van der Waals surface area contributed by atoms with E-state index in [0.29, 0.717) is 18.3 Å². The minimum Gasteiger partial charge on any atom is -0.385 e. The zero-order valence-electron chi connectivity index (χ0n) is 7.21. The smallest absolute Gasteiger partial charge is 0.161 e. The van der Waals surface area contributed by atoms with Crippen molar-refractivity contribution in [1.82, 2.24) is 0 Å². The maximum Gasteiger partial charge on any atom is 0.161 e. The van der Waals surface area contributed by atoms with E-state index in [0.717, 1.165) is 12.8 Å². The fourth-order valence-electron chi connectivity index (χ4n) is 1.20. The molecule has 1 unspecified atom stereocenters. The van der Waals surface area contributed by atoms with Crippen LogP contribution in [-0.4, -0.2) is 17.0 Å². The third-order valence-corrected chi connectivity index (χ3v) is 2.01. The maximum atomic E-state index is 11.2. The third kappa shape index (κ3) is 2.62. The van der Waals surface area contributed by atoms with Crippen molar-refractivity contribution < 1.29 is 9.90 Å². The molecule has 1 aliphatic carbocycles. The molecule has 0 heterocycles. The molecule has 11 heavy (non-hydrogen) atoms. The highest BCUT2D eigenvalue weighted by Gasteiger charge is 2.34. The molecule has 0 saturated heterocycles.